The largest absolute Gasteiger partial charge is 0.480 e. The van der Waals surface area contributed by atoms with Crippen LogP contribution >= 0.6 is 0 Å². The maximum absolute atomic E-state index is 12.3. The van der Waals surface area contributed by atoms with Gasteiger partial charge in [-0.1, -0.05) is 26.2 Å². The summed E-state index contributed by atoms with van der Waals surface area (Å²) in [5, 5.41) is 12.4. The topological polar surface area (TPSA) is 69.6 Å². The molecule has 2 fully saturated rings. The average Bonchev–Trinajstić information content (AvgIpc) is 2.49. The number of likely N-dealkylation sites (tertiary alicyclic amines) is 1. The molecule has 1 saturated heterocycles. The van der Waals surface area contributed by atoms with Crippen molar-refractivity contribution >= 4 is 11.9 Å². The van der Waals surface area contributed by atoms with Crippen molar-refractivity contribution in [3.8, 4) is 0 Å². The third-order valence-corrected chi connectivity index (χ3v) is 4.96. The summed E-state index contributed by atoms with van der Waals surface area (Å²) < 4.78 is 0. The van der Waals surface area contributed by atoms with E-state index >= 15 is 0 Å². The molecule has 1 unspecified atom stereocenters. The van der Waals surface area contributed by atoms with Crippen LogP contribution in [0.3, 0.4) is 0 Å². The Morgan fingerprint density at radius 3 is 2.29 bits per heavy atom. The summed E-state index contributed by atoms with van der Waals surface area (Å²) in [6.45, 7) is 3.34. The van der Waals surface area contributed by atoms with Crippen LogP contribution in [0.1, 0.15) is 58.3 Å². The lowest BCUT2D eigenvalue weighted by molar-refractivity contribution is -0.144. The summed E-state index contributed by atoms with van der Waals surface area (Å²) in [6, 6.07) is -0.0287. The SMILES string of the molecule is CCC(C(=O)O)N1CCC(C(=O)NC2CCCCC2)CC1. The van der Waals surface area contributed by atoms with E-state index in [9.17, 15) is 14.7 Å². The van der Waals surface area contributed by atoms with Gasteiger partial charge in [-0.15, -0.1) is 0 Å². The number of hydrogen-bond donors (Lipinski definition) is 2. The molecule has 1 aliphatic heterocycles. The predicted molar refractivity (Wildman–Crippen MR) is 81.0 cm³/mol. The van der Waals surface area contributed by atoms with Crippen molar-refractivity contribution in [3.63, 3.8) is 0 Å². The van der Waals surface area contributed by atoms with Crippen LogP contribution in [0.4, 0.5) is 0 Å². The minimum Gasteiger partial charge on any atom is -0.480 e. The van der Waals surface area contributed by atoms with Crippen molar-refractivity contribution in [2.24, 2.45) is 5.92 Å². The zero-order chi connectivity index (χ0) is 15.2. The van der Waals surface area contributed by atoms with Crippen molar-refractivity contribution < 1.29 is 14.7 Å². The number of piperidine rings is 1. The lowest BCUT2D eigenvalue weighted by atomic mass is 9.92. The highest BCUT2D eigenvalue weighted by Crippen LogP contribution is 2.22. The molecule has 0 aromatic heterocycles. The number of carbonyl (C=O) groups is 2. The van der Waals surface area contributed by atoms with Crippen molar-refractivity contribution in [3.05, 3.63) is 0 Å². The lowest BCUT2D eigenvalue weighted by Gasteiger charge is -2.35. The molecular formula is C16H28N2O3. The highest BCUT2D eigenvalue weighted by atomic mass is 16.4. The Bertz CT molecular complexity index is 359. The fourth-order valence-electron chi connectivity index (χ4n) is 3.63. The number of nitrogens with zero attached hydrogens (tertiary/aromatic N) is 1. The van der Waals surface area contributed by atoms with Crippen LogP contribution in [-0.4, -0.2) is 47.1 Å². The number of carboxylic acid groups (broad SMARTS) is 1. The molecule has 0 spiro atoms. The second-order valence-corrected chi connectivity index (χ2v) is 6.42. The maximum Gasteiger partial charge on any atom is 0.320 e. The normalized spacial score (nSPS) is 23.7. The van der Waals surface area contributed by atoms with Gasteiger partial charge in [0.1, 0.15) is 6.04 Å². The third-order valence-electron chi connectivity index (χ3n) is 4.96. The molecule has 2 aliphatic rings. The van der Waals surface area contributed by atoms with E-state index in [4.69, 9.17) is 0 Å². The van der Waals surface area contributed by atoms with Crippen LogP contribution in [0.5, 0.6) is 0 Å². The minimum atomic E-state index is -0.748. The van der Waals surface area contributed by atoms with Crippen LogP contribution in [0.2, 0.25) is 0 Å². The zero-order valence-electron chi connectivity index (χ0n) is 13.0. The van der Waals surface area contributed by atoms with Gasteiger partial charge in [-0.05, 0) is 45.2 Å². The van der Waals surface area contributed by atoms with Gasteiger partial charge in [0.05, 0.1) is 0 Å². The van der Waals surface area contributed by atoms with Gasteiger partial charge < -0.3 is 10.4 Å². The molecule has 120 valence electrons. The quantitative estimate of drug-likeness (QED) is 0.814. The predicted octanol–water partition coefficient (Wildman–Crippen LogP) is 2.01. The highest BCUT2D eigenvalue weighted by molar-refractivity contribution is 5.79. The number of rotatable bonds is 5. The molecule has 5 nitrogen and oxygen atoms in total. The molecule has 5 heteroatoms. The van der Waals surface area contributed by atoms with Gasteiger partial charge in [0, 0.05) is 12.0 Å². The number of carbonyl (C=O) groups excluding carboxylic acids is 1. The van der Waals surface area contributed by atoms with Crippen LogP contribution in [0.15, 0.2) is 0 Å². The Morgan fingerprint density at radius 2 is 1.76 bits per heavy atom. The number of amides is 1. The molecule has 0 aromatic rings. The first-order valence-electron chi connectivity index (χ1n) is 8.39. The first-order valence-corrected chi connectivity index (χ1v) is 8.39. The van der Waals surface area contributed by atoms with E-state index in [0.29, 0.717) is 25.6 Å². The Labute approximate surface area is 127 Å². The van der Waals surface area contributed by atoms with E-state index in [-0.39, 0.29) is 11.8 Å². The minimum absolute atomic E-state index is 0.0643. The number of nitrogens with one attached hydrogen (secondary N) is 1. The Kier molecular flexibility index (Phi) is 6.03. The number of hydrogen-bond acceptors (Lipinski definition) is 3. The Morgan fingerprint density at radius 1 is 1.14 bits per heavy atom. The molecule has 0 bridgehead atoms. The van der Waals surface area contributed by atoms with Gasteiger partial charge in [0.15, 0.2) is 0 Å². The first kappa shape index (κ1) is 16.3. The second kappa shape index (κ2) is 7.78. The van der Waals surface area contributed by atoms with Crippen LogP contribution < -0.4 is 5.32 Å². The third kappa shape index (κ3) is 4.43. The molecule has 2 N–H and O–H groups in total. The fourth-order valence-corrected chi connectivity index (χ4v) is 3.63. The molecule has 1 saturated carbocycles. The summed E-state index contributed by atoms with van der Waals surface area (Å²) in [4.78, 5) is 25.5. The molecule has 1 heterocycles. The average molecular weight is 296 g/mol. The molecule has 1 aliphatic carbocycles. The van der Waals surface area contributed by atoms with Gasteiger partial charge >= 0.3 is 5.97 Å². The molecule has 0 aromatic carbocycles. The van der Waals surface area contributed by atoms with Crippen molar-refractivity contribution in [2.45, 2.75) is 70.4 Å². The zero-order valence-corrected chi connectivity index (χ0v) is 13.0. The second-order valence-electron chi connectivity index (χ2n) is 6.42. The highest BCUT2D eigenvalue weighted by Gasteiger charge is 2.31. The van der Waals surface area contributed by atoms with Gasteiger partial charge in [0.25, 0.3) is 0 Å². The molecule has 0 radical (unpaired) electrons. The Hall–Kier alpha value is -1.10. The smallest absolute Gasteiger partial charge is 0.320 e. The lowest BCUT2D eigenvalue weighted by Crippen LogP contribution is -2.48. The summed E-state index contributed by atoms with van der Waals surface area (Å²) in [6.07, 6.45) is 8.14. The van der Waals surface area contributed by atoms with Gasteiger partial charge in [-0.25, -0.2) is 0 Å². The van der Waals surface area contributed by atoms with E-state index < -0.39 is 12.0 Å². The van der Waals surface area contributed by atoms with Gasteiger partial charge in [-0.2, -0.15) is 0 Å². The summed E-state index contributed by atoms with van der Waals surface area (Å²) in [5.41, 5.74) is 0. The van der Waals surface area contributed by atoms with E-state index in [0.717, 1.165) is 25.7 Å². The van der Waals surface area contributed by atoms with Crippen molar-refractivity contribution in [1.29, 1.82) is 0 Å². The maximum atomic E-state index is 12.3. The molecule has 21 heavy (non-hydrogen) atoms. The van der Waals surface area contributed by atoms with Gasteiger partial charge in [-0.3, -0.25) is 14.5 Å². The number of aliphatic carboxylic acids is 1. The number of carboxylic acids is 1. The summed E-state index contributed by atoms with van der Waals surface area (Å²) in [5.74, 6) is -0.498. The molecule has 1 atom stereocenters. The van der Waals surface area contributed by atoms with E-state index in [1.165, 1.54) is 19.3 Å². The Balaban J connectivity index is 1.77. The van der Waals surface area contributed by atoms with Crippen LogP contribution in [-0.2, 0) is 9.59 Å². The van der Waals surface area contributed by atoms with Crippen molar-refractivity contribution in [1.82, 2.24) is 10.2 Å². The van der Waals surface area contributed by atoms with E-state index in [1.807, 2.05) is 11.8 Å². The van der Waals surface area contributed by atoms with Crippen LogP contribution in [0.25, 0.3) is 0 Å². The van der Waals surface area contributed by atoms with Crippen LogP contribution in [0, 0.1) is 5.92 Å². The fraction of sp³-hybridized carbons (Fsp3) is 0.875. The van der Waals surface area contributed by atoms with Crippen molar-refractivity contribution in [2.75, 3.05) is 13.1 Å². The summed E-state index contributed by atoms with van der Waals surface area (Å²) >= 11 is 0. The molecular weight excluding hydrogens is 268 g/mol. The monoisotopic (exact) mass is 296 g/mol. The molecule has 1 amide bonds. The van der Waals surface area contributed by atoms with E-state index in [1.54, 1.807) is 0 Å². The first-order chi connectivity index (χ1) is 10.1. The van der Waals surface area contributed by atoms with E-state index in [2.05, 4.69) is 5.32 Å². The van der Waals surface area contributed by atoms with Gasteiger partial charge in [0.2, 0.25) is 5.91 Å². The summed E-state index contributed by atoms with van der Waals surface area (Å²) in [7, 11) is 0. The standard InChI is InChI=1S/C16H28N2O3/c1-2-14(16(20)21)18-10-8-12(9-11-18)15(19)17-13-6-4-3-5-7-13/h12-14H,2-11H2,1H3,(H,17,19)(H,20,21). The molecule has 2 rings (SSSR count).